The van der Waals surface area contributed by atoms with Gasteiger partial charge in [0.15, 0.2) is 6.61 Å². The standard InChI is InChI=1S/C28H22Br2ClN3O5/c1-14-4-5-15(2)22(8-14)32-24(35)13-39-25-17(9-18(29)11-21(25)30)10-20-26(36)33-28(38)34(27(20)37)23-12-19(31)7-6-16(23)3/h4-12H,13H2,1-3H3,(H,32,35)(H,33,36,38)/b20-10+. The molecule has 1 fully saturated rings. The molecule has 0 bridgehead atoms. The molecule has 1 heterocycles. The van der Waals surface area contributed by atoms with Gasteiger partial charge in [0.1, 0.15) is 11.3 Å². The summed E-state index contributed by atoms with van der Waals surface area (Å²) in [7, 11) is 0. The zero-order valence-corrected chi connectivity index (χ0v) is 25.0. The third kappa shape index (κ3) is 6.41. The average Bonchev–Trinajstić information content (AvgIpc) is 2.85. The molecule has 4 rings (SSSR count). The molecular formula is C28H22Br2ClN3O5. The zero-order valence-electron chi connectivity index (χ0n) is 21.0. The van der Waals surface area contributed by atoms with Gasteiger partial charge in [-0.15, -0.1) is 0 Å². The Balaban J connectivity index is 1.65. The monoisotopic (exact) mass is 673 g/mol. The van der Waals surface area contributed by atoms with E-state index in [0.717, 1.165) is 16.0 Å². The van der Waals surface area contributed by atoms with Crippen molar-refractivity contribution in [1.82, 2.24) is 5.32 Å². The minimum atomic E-state index is -0.887. The fraction of sp³-hybridized carbons (Fsp3) is 0.143. The van der Waals surface area contributed by atoms with Crippen LogP contribution >= 0.6 is 43.5 Å². The number of barbiturate groups is 1. The molecule has 1 saturated heterocycles. The highest BCUT2D eigenvalue weighted by molar-refractivity contribution is 9.11. The van der Waals surface area contributed by atoms with Gasteiger partial charge in [-0.1, -0.05) is 45.7 Å². The quantitative estimate of drug-likeness (QED) is 0.230. The molecular weight excluding hydrogens is 654 g/mol. The van der Waals surface area contributed by atoms with E-state index in [4.69, 9.17) is 16.3 Å². The van der Waals surface area contributed by atoms with E-state index in [9.17, 15) is 19.2 Å². The van der Waals surface area contributed by atoms with Crippen molar-refractivity contribution in [3.63, 3.8) is 0 Å². The molecule has 11 heteroatoms. The number of carbonyl (C=O) groups is 4. The molecule has 0 aliphatic carbocycles. The van der Waals surface area contributed by atoms with Crippen LogP contribution < -0.4 is 20.3 Å². The number of nitrogens with one attached hydrogen (secondary N) is 2. The first-order valence-electron chi connectivity index (χ1n) is 11.6. The van der Waals surface area contributed by atoms with Crippen LogP contribution in [0.3, 0.4) is 0 Å². The molecule has 0 saturated carbocycles. The Morgan fingerprint density at radius 2 is 1.74 bits per heavy atom. The molecule has 1 aliphatic rings. The number of nitrogens with zero attached hydrogens (tertiary/aromatic N) is 1. The van der Waals surface area contributed by atoms with Crippen LogP contribution in [0.25, 0.3) is 6.08 Å². The third-order valence-electron chi connectivity index (χ3n) is 5.87. The normalized spacial score (nSPS) is 14.5. The van der Waals surface area contributed by atoms with Crippen LogP contribution in [0.5, 0.6) is 5.75 Å². The molecule has 200 valence electrons. The summed E-state index contributed by atoms with van der Waals surface area (Å²) in [6, 6.07) is 12.9. The van der Waals surface area contributed by atoms with Gasteiger partial charge >= 0.3 is 6.03 Å². The molecule has 0 radical (unpaired) electrons. The largest absolute Gasteiger partial charge is 0.482 e. The van der Waals surface area contributed by atoms with Gasteiger partial charge in [0.05, 0.1) is 10.2 Å². The number of aryl methyl sites for hydroxylation is 3. The highest BCUT2D eigenvalue weighted by Crippen LogP contribution is 2.35. The number of amides is 5. The Morgan fingerprint density at radius 3 is 2.49 bits per heavy atom. The maximum absolute atomic E-state index is 13.4. The maximum atomic E-state index is 13.4. The summed E-state index contributed by atoms with van der Waals surface area (Å²) in [4.78, 5) is 52.4. The van der Waals surface area contributed by atoms with Gasteiger partial charge in [0.25, 0.3) is 17.7 Å². The number of benzene rings is 3. The summed E-state index contributed by atoms with van der Waals surface area (Å²) in [6.45, 7) is 5.19. The van der Waals surface area contributed by atoms with Crippen LogP contribution in [-0.4, -0.2) is 30.4 Å². The Bertz CT molecular complexity index is 1570. The minimum Gasteiger partial charge on any atom is -0.482 e. The predicted octanol–water partition coefficient (Wildman–Crippen LogP) is 6.47. The molecule has 5 amide bonds. The van der Waals surface area contributed by atoms with Crippen molar-refractivity contribution in [2.45, 2.75) is 20.8 Å². The molecule has 0 unspecified atom stereocenters. The molecule has 39 heavy (non-hydrogen) atoms. The van der Waals surface area contributed by atoms with E-state index in [1.165, 1.54) is 12.1 Å². The Labute approximate surface area is 246 Å². The van der Waals surface area contributed by atoms with Crippen LogP contribution in [0, 0.1) is 20.8 Å². The lowest BCUT2D eigenvalue weighted by molar-refractivity contribution is -0.122. The summed E-state index contributed by atoms with van der Waals surface area (Å²) < 4.78 is 6.94. The van der Waals surface area contributed by atoms with Crippen LogP contribution in [0.2, 0.25) is 5.02 Å². The molecule has 3 aromatic rings. The third-order valence-corrected chi connectivity index (χ3v) is 7.15. The van der Waals surface area contributed by atoms with E-state index < -0.39 is 23.8 Å². The minimum absolute atomic E-state index is 0.227. The number of halogens is 3. The van der Waals surface area contributed by atoms with Gasteiger partial charge in [-0.3, -0.25) is 19.7 Å². The van der Waals surface area contributed by atoms with Crippen molar-refractivity contribution in [1.29, 1.82) is 0 Å². The molecule has 0 atom stereocenters. The molecule has 2 N–H and O–H groups in total. The second-order valence-electron chi connectivity index (χ2n) is 8.85. The lowest BCUT2D eigenvalue weighted by Crippen LogP contribution is -2.54. The lowest BCUT2D eigenvalue weighted by atomic mass is 10.0. The number of imide groups is 2. The molecule has 0 spiro atoms. The van der Waals surface area contributed by atoms with Gasteiger partial charge < -0.3 is 10.1 Å². The van der Waals surface area contributed by atoms with Gasteiger partial charge in [0.2, 0.25) is 0 Å². The zero-order chi connectivity index (χ0) is 28.4. The number of rotatable bonds is 6. The predicted molar refractivity (Wildman–Crippen MR) is 157 cm³/mol. The van der Waals surface area contributed by atoms with Crippen molar-refractivity contribution in [2.24, 2.45) is 0 Å². The molecule has 0 aromatic heterocycles. The lowest BCUT2D eigenvalue weighted by Gasteiger charge is -2.27. The molecule has 3 aromatic carbocycles. The van der Waals surface area contributed by atoms with Crippen LogP contribution in [0.4, 0.5) is 16.2 Å². The SMILES string of the molecule is Cc1ccc(C)c(NC(=O)COc2c(Br)cc(Br)cc2/C=C2\C(=O)NC(=O)N(c3cc(Cl)ccc3C)C2=O)c1. The number of hydrogen-bond donors (Lipinski definition) is 2. The van der Waals surface area contributed by atoms with E-state index in [0.29, 0.717) is 30.8 Å². The molecule has 8 nitrogen and oxygen atoms in total. The van der Waals surface area contributed by atoms with Crippen molar-refractivity contribution in [3.05, 3.63) is 90.3 Å². The first-order chi connectivity index (χ1) is 18.4. The van der Waals surface area contributed by atoms with E-state index in [1.54, 1.807) is 31.2 Å². The average molecular weight is 676 g/mol. The summed E-state index contributed by atoms with van der Waals surface area (Å²) in [5, 5.41) is 5.35. The van der Waals surface area contributed by atoms with E-state index in [1.807, 2.05) is 32.0 Å². The van der Waals surface area contributed by atoms with Gasteiger partial charge in [-0.05, 0) is 89.8 Å². The highest BCUT2D eigenvalue weighted by atomic mass is 79.9. The van der Waals surface area contributed by atoms with Gasteiger partial charge in [-0.2, -0.15) is 0 Å². The smallest absolute Gasteiger partial charge is 0.335 e. The van der Waals surface area contributed by atoms with E-state index in [2.05, 4.69) is 42.5 Å². The van der Waals surface area contributed by atoms with Crippen molar-refractivity contribution in [2.75, 3.05) is 16.8 Å². The topological polar surface area (TPSA) is 105 Å². The number of anilines is 2. The number of ether oxygens (including phenoxy) is 1. The summed E-state index contributed by atoms with van der Waals surface area (Å²) in [5.41, 5.74) is 3.46. The maximum Gasteiger partial charge on any atom is 0.335 e. The summed E-state index contributed by atoms with van der Waals surface area (Å²) in [6.07, 6.45) is 1.31. The number of hydrogen-bond acceptors (Lipinski definition) is 5. The highest BCUT2D eigenvalue weighted by Gasteiger charge is 2.37. The van der Waals surface area contributed by atoms with Crippen molar-refractivity contribution in [3.8, 4) is 5.75 Å². The second kappa shape index (κ2) is 11.7. The van der Waals surface area contributed by atoms with E-state index >= 15 is 0 Å². The molecule has 1 aliphatic heterocycles. The van der Waals surface area contributed by atoms with E-state index in [-0.39, 0.29) is 23.6 Å². The Hall–Kier alpha value is -3.47. The number of urea groups is 1. The fourth-order valence-electron chi connectivity index (χ4n) is 3.89. The van der Waals surface area contributed by atoms with Gasteiger partial charge in [-0.25, -0.2) is 9.69 Å². The van der Waals surface area contributed by atoms with Crippen molar-refractivity contribution < 1.29 is 23.9 Å². The van der Waals surface area contributed by atoms with Gasteiger partial charge in [0, 0.05) is 20.7 Å². The number of carbonyl (C=O) groups excluding carboxylic acids is 4. The Morgan fingerprint density at radius 1 is 1.03 bits per heavy atom. The van der Waals surface area contributed by atoms with Crippen LogP contribution in [-0.2, 0) is 14.4 Å². The van der Waals surface area contributed by atoms with Crippen LogP contribution in [0.15, 0.2) is 63.0 Å². The van der Waals surface area contributed by atoms with Crippen molar-refractivity contribution >= 4 is 84.7 Å². The first kappa shape index (κ1) is 28.5. The fourth-order valence-corrected chi connectivity index (χ4v) is 5.43. The Kier molecular flexibility index (Phi) is 8.58. The van der Waals surface area contributed by atoms with Crippen LogP contribution in [0.1, 0.15) is 22.3 Å². The second-order valence-corrected chi connectivity index (χ2v) is 11.1. The first-order valence-corrected chi connectivity index (χ1v) is 13.6. The summed E-state index contributed by atoms with van der Waals surface area (Å²) in [5.74, 6) is -1.86. The summed E-state index contributed by atoms with van der Waals surface area (Å²) >= 11 is 12.9.